The Morgan fingerprint density at radius 1 is 1.20 bits per heavy atom. The first-order valence-corrected chi connectivity index (χ1v) is 10.8. The van der Waals surface area contributed by atoms with Gasteiger partial charge in [-0.15, -0.1) is 0 Å². The first kappa shape index (κ1) is 19.1. The van der Waals surface area contributed by atoms with E-state index < -0.39 is 0 Å². The van der Waals surface area contributed by atoms with Crippen LogP contribution in [-0.2, 0) is 11.3 Å². The SMILES string of the molecule is CCOC(=O)c1cnc2[nH]cnc2c1N[C@@H]1C[C@H]2CC[C@@H](C1)N2Cc1ccccc1. The molecular weight excluding hydrogens is 378 g/mol. The summed E-state index contributed by atoms with van der Waals surface area (Å²) in [5.74, 6) is -0.359. The number of anilines is 1. The second-order valence-electron chi connectivity index (χ2n) is 8.22. The molecule has 2 fully saturated rings. The van der Waals surface area contributed by atoms with Gasteiger partial charge in [-0.25, -0.2) is 14.8 Å². The van der Waals surface area contributed by atoms with Gasteiger partial charge in [0.2, 0.25) is 0 Å². The maximum atomic E-state index is 12.5. The summed E-state index contributed by atoms with van der Waals surface area (Å²) in [7, 11) is 0. The van der Waals surface area contributed by atoms with Crippen molar-refractivity contribution in [1.29, 1.82) is 0 Å². The van der Waals surface area contributed by atoms with Crippen LogP contribution >= 0.6 is 0 Å². The van der Waals surface area contributed by atoms with Gasteiger partial charge in [0, 0.05) is 30.9 Å². The van der Waals surface area contributed by atoms with Crippen LogP contribution < -0.4 is 5.32 Å². The van der Waals surface area contributed by atoms with Gasteiger partial charge in [0.25, 0.3) is 0 Å². The number of aromatic nitrogens is 3. The third-order valence-electron chi connectivity index (χ3n) is 6.38. The Morgan fingerprint density at radius 3 is 2.70 bits per heavy atom. The van der Waals surface area contributed by atoms with Gasteiger partial charge in [-0.1, -0.05) is 30.3 Å². The van der Waals surface area contributed by atoms with Crippen molar-refractivity contribution >= 4 is 22.8 Å². The predicted octanol–water partition coefficient (Wildman–Crippen LogP) is 3.74. The predicted molar refractivity (Wildman–Crippen MR) is 115 cm³/mol. The van der Waals surface area contributed by atoms with Crippen LogP contribution in [0.5, 0.6) is 0 Å². The number of rotatable bonds is 6. The fourth-order valence-electron chi connectivity index (χ4n) is 5.05. The second kappa shape index (κ2) is 8.07. The summed E-state index contributed by atoms with van der Waals surface area (Å²) in [5.41, 5.74) is 3.93. The minimum Gasteiger partial charge on any atom is -0.462 e. The Morgan fingerprint density at radius 2 is 1.97 bits per heavy atom. The Hall–Kier alpha value is -2.93. The largest absolute Gasteiger partial charge is 0.462 e. The molecule has 3 aromatic rings. The molecule has 2 aliphatic heterocycles. The lowest BCUT2D eigenvalue weighted by molar-refractivity contribution is 0.0527. The molecule has 156 valence electrons. The highest BCUT2D eigenvalue weighted by atomic mass is 16.5. The molecule has 0 amide bonds. The number of piperidine rings is 1. The number of imidazole rings is 1. The Kier molecular flexibility index (Phi) is 5.12. The van der Waals surface area contributed by atoms with Crippen molar-refractivity contribution in [1.82, 2.24) is 19.9 Å². The first-order valence-electron chi connectivity index (χ1n) is 10.8. The summed E-state index contributed by atoms with van der Waals surface area (Å²) in [6, 6.07) is 12.1. The number of H-pyrrole nitrogens is 1. The molecule has 7 nitrogen and oxygen atoms in total. The zero-order chi connectivity index (χ0) is 20.5. The van der Waals surface area contributed by atoms with E-state index in [9.17, 15) is 4.79 Å². The maximum Gasteiger partial charge on any atom is 0.341 e. The molecular formula is C23H27N5O2. The van der Waals surface area contributed by atoms with E-state index in [0.717, 1.165) is 25.1 Å². The summed E-state index contributed by atoms with van der Waals surface area (Å²) in [6.07, 6.45) is 7.77. The number of fused-ring (bicyclic) bond motifs is 3. The molecule has 5 rings (SSSR count). The van der Waals surface area contributed by atoms with Crippen LogP contribution in [0.15, 0.2) is 42.9 Å². The molecule has 30 heavy (non-hydrogen) atoms. The highest BCUT2D eigenvalue weighted by molar-refractivity contribution is 6.02. The summed E-state index contributed by atoms with van der Waals surface area (Å²) >= 11 is 0. The topological polar surface area (TPSA) is 83.1 Å². The van der Waals surface area contributed by atoms with Gasteiger partial charge >= 0.3 is 5.97 Å². The van der Waals surface area contributed by atoms with Crippen molar-refractivity contribution in [3.05, 3.63) is 54.0 Å². The lowest BCUT2D eigenvalue weighted by atomic mass is 9.96. The Balaban J connectivity index is 1.36. The van der Waals surface area contributed by atoms with E-state index in [1.165, 1.54) is 18.4 Å². The average molecular weight is 406 g/mol. The normalized spacial score (nSPS) is 23.6. The Bertz CT molecular complexity index is 1020. The standard InChI is InChI=1S/C23H27N5O2/c1-2-30-23(29)19-12-24-22-21(25-14-26-22)20(19)27-16-10-17-8-9-18(11-16)28(17)13-15-6-4-3-5-7-15/h3-7,12,14,16-18H,2,8-11,13H2,1H3,(H2,24,25,26,27)/t16-,17-,18+. The number of ether oxygens (including phenoxy) is 1. The number of nitrogens with zero attached hydrogens (tertiary/aromatic N) is 3. The lowest BCUT2D eigenvalue weighted by Gasteiger charge is -2.39. The second-order valence-corrected chi connectivity index (χ2v) is 8.22. The molecule has 1 aromatic carbocycles. The highest BCUT2D eigenvalue weighted by Gasteiger charge is 2.41. The zero-order valence-electron chi connectivity index (χ0n) is 17.2. The van der Waals surface area contributed by atoms with Gasteiger partial charge in [-0.3, -0.25) is 4.90 Å². The van der Waals surface area contributed by atoms with E-state index in [0.29, 0.717) is 41.5 Å². The minimum absolute atomic E-state index is 0.296. The highest BCUT2D eigenvalue weighted by Crippen LogP contribution is 2.38. The lowest BCUT2D eigenvalue weighted by Crippen LogP contribution is -2.46. The summed E-state index contributed by atoms with van der Waals surface area (Å²) < 4.78 is 5.26. The summed E-state index contributed by atoms with van der Waals surface area (Å²) in [5, 5.41) is 3.65. The minimum atomic E-state index is -0.359. The van der Waals surface area contributed by atoms with Crippen molar-refractivity contribution in [2.75, 3.05) is 11.9 Å². The quantitative estimate of drug-likeness (QED) is 0.608. The van der Waals surface area contributed by atoms with Gasteiger partial charge in [0.15, 0.2) is 5.65 Å². The molecule has 0 saturated carbocycles. The van der Waals surface area contributed by atoms with Crippen LogP contribution in [0.2, 0.25) is 0 Å². The first-order chi connectivity index (χ1) is 14.7. The van der Waals surface area contributed by atoms with E-state index in [2.05, 4.69) is 55.5 Å². The van der Waals surface area contributed by atoms with Crippen LogP contribution in [0.4, 0.5) is 5.69 Å². The maximum absolute atomic E-state index is 12.5. The fraction of sp³-hybridized carbons (Fsp3) is 0.435. The number of nitrogens with one attached hydrogen (secondary N) is 2. The van der Waals surface area contributed by atoms with E-state index in [1.54, 1.807) is 12.5 Å². The van der Waals surface area contributed by atoms with E-state index >= 15 is 0 Å². The molecule has 2 N–H and O–H groups in total. The molecule has 2 bridgehead atoms. The van der Waals surface area contributed by atoms with Crippen LogP contribution in [0.25, 0.3) is 11.2 Å². The molecule has 0 radical (unpaired) electrons. The number of pyridine rings is 1. The van der Waals surface area contributed by atoms with Gasteiger partial charge in [-0.2, -0.15) is 0 Å². The number of aromatic amines is 1. The molecule has 0 spiro atoms. The van der Waals surface area contributed by atoms with Crippen molar-refractivity contribution in [2.45, 2.75) is 57.3 Å². The fourth-order valence-corrected chi connectivity index (χ4v) is 5.05. The van der Waals surface area contributed by atoms with Gasteiger partial charge in [-0.05, 0) is 38.2 Å². The van der Waals surface area contributed by atoms with Gasteiger partial charge in [0.1, 0.15) is 11.1 Å². The van der Waals surface area contributed by atoms with E-state index in [1.807, 2.05) is 6.92 Å². The van der Waals surface area contributed by atoms with Gasteiger partial charge in [0.05, 0.1) is 18.6 Å². The number of carbonyl (C=O) groups excluding carboxylic acids is 1. The van der Waals surface area contributed by atoms with E-state index in [-0.39, 0.29) is 5.97 Å². The van der Waals surface area contributed by atoms with Crippen molar-refractivity contribution in [2.24, 2.45) is 0 Å². The summed E-state index contributed by atoms with van der Waals surface area (Å²) in [4.78, 5) is 27.0. The zero-order valence-corrected chi connectivity index (χ0v) is 17.2. The number of hydrogen-bond acceptors (Lipinski definition) is 6. The third-order valence-corrected chi connectivity index (χ3v) is 6.38. The van der Waals surface area contributed by atoms with Crippen LogP contribution in [-0.4, -0.2) is 50.6 Å². The molecule has 0 unspecified atom stereocenters. The molecule has 3 atom stereocenters. The monoisotopic (exact) mass is 405 g/mol. The molecule has 2 aromatic heterocycles. The molecule has 7 heteroatoms. The number of carbonyl (C=O) groups is 1. The van der Waals surface area contributed by atoms with Crippen molar-refractivity contribution in [3.8, 4) is 0 Å². The number of esters is 1. The number of hydrogen-bond donors (Lipinski definition) is 2. The molecule has 0 aliphatic carbocycles. The molecule has 4 heterocycles. The Labute approximate surface area is 175 Å². The van der Waals surface area contributed by atoms with E-state index in [4.69, 9.17) is 4.74 Å². The van der Waals surface area contributed by atoms with Crippen LogP contribution in [0.1, 0.15) is 48.5 Å². The average Bonchev–Trinajstić information content (AvgIpc) is 3.31. The molecule has 2 saturated heterocycles. The van der Waals surface area contributed by atoms with Gasteiger partial charge < -0.3 is 15.0 Å². The number of benzene rings is 1. The van der Waals surface area contributed by atoms with Crippen molar-refractivity contribution in [3.63, 3.8) is 0 Å². The van der Waals surface area contributed by atoms with Crippen LogP contribution in [0, 0.1) is 0 Å². The van der Waals surface area contributed by atoms with Crippen LogP contribution in [0.3, 0.4) is 0 Å². The smallest absolute Gasteiger partial charge is 0.341 e. The van der Waals surface area contributed by atoms with Crippen molar-refractivity contribution < 1.29 is 9.53 Å². The molecule has 2 aliphatic rings. The summed E-state index contributed by atoms with van der Waals surface area (Å²) in [6.45, 7) is 3.15. The third kappa shape index (κ3) is 3.54.